The van der Waals surface area contributed by atoms with Crippen molar-refractivity contribution in [3.8, 4) is 39.8 Å². The van der Waals surface area contributed by atoms with Crippen LogP contribution < -0.4 is 0 Å². The monoisotopic (exact) mass is 909 g/mol. The third-order valence-electron chi connectivity index (χ3n) is 11.1. The average Bonchev–Trinajstić information content (AvgIpc) is 0.769. The molecule has 0 radical (unpaired) electrons. The normalized spacial score (nSPS) is 17.5. The molecule has 0 saturated heterocycles. The SMILES string of the molecule is [2H]c1cc2c(oc3c(-c4cc(C([2H])([2H])C(C)(C)C)c(C([2H])([2H])C([2H])([2H])c5cc(C([2H])([2H])C([2H])([2H])c6cnc(-c7ccccc7)cc6C([2H])(C)C)cc(C([2H])([2H])C([2H])([2H])c6cnc(-c7ccccc7)cc6C([2H])(C)C)c5)cn4)cccc32)c([2H])c1C#N. The number of rotatable bonds is 15. The van der Waals surface area contributed by atoms with Crippen LogP contribution in [0.2, 0.25) is 0 Å². The van der Waals surface area contributed by atoms with E-state index in [1.807, 2.05) is 6.07 Å². The first-order valence-electron chi connectivity index (χ1n) is 31.3. The van der Waals surface area contributed by atoms with E-state index >= 15 is 0 Å². The summed E-state index contributed by atoms with van der Waals surface area (Å²) in [7, 11) is 0. The first kappa shape index (κ1) is 28.9. The van der Waals surface area contributed by atoms with Crippen molar-refractivity contribution in [1.82, 2.24) is 15.0 Å². The highest BCUT2D eigenvalue weighted by Crippen LogP contribution is 2.37. The van der Waals surface area contributed by atoms with E-state index in [4.69, 9.17) is 7.16 Å². The lowest BCUT2D eigenvalue weighted by Crippen LogP contribution is -2.12. The molecule has 5 nitrogen and oxygen atoms in total. The van der Waals surface area contributed by atoms with Crippen LogP contribution in [0.15, 0.2) is 156 Å². The third kappa shape index (κ3) is 10.5. The molecule has 4 heterocycles. The lowest BCUT2D eigenvalue weighted by Gasteiger charge is -2.21. The molecule has 0 aliphatic rings. The van der Waals surface area contributed by atoms with Crippen LogP contribution >= 0.6 is 0 Å². The molecule has 0 amide bonds. The Balaban J connectivity index is 1.28. The largest absolute Gasteiger partial charge is 0.455 e. The van der Waals surface area contributed by atoms with E-state index in [-0.39, 0.29) is 67.9 Å². The minimum atomic E-state index is -3.48. The predicted molar refractivity (Wildman–Crippen MR) is 281 cm³/mol. The number of nitriles is 1. The third-order valence-corrected chi connectivity index (χ3v) is 11.1. The van der Waals surface area contributed by atoms with Gasteiger partial charge in [0.05, 0.1) is 31.5 Å². The van der Waals surface area contributed by atoms with Crippen molar-refractivity contribution in [1.29, 1.82) is 5.26 Å². The summed E-state index contributed by atoms with van der Waals surface area (Å²) in [5.74, 6) is -3.19. The standard InChI is InChI=1S/C63H62N4O/c1-41(2)56-34-58(47-15-10-8-11-16-47)65-39-50(56)26-22-44-29-43(30-45(31-44)23-27-51-40-66-59(35-57(51)42(3)4)48-17-12-9-13-18-48)21-25-49-38-67-60(33-52(49)36-63(5,6)7)55-20-14-19-54-53-28-24-46(37-64)32-61(53)68-62(54)55/h8-20,24,28-35,38-42H,21-23,25-27,36H2,1-7H3/i21D2,22D2,23D2,24D,25D2,26D2,27D2,32D,36D2,41D,42D. The summed E-state index contributed by atoms with van der Waals surface area (Å²) in [6.07, 6.45) is -19.4. The number of fused-ring (bicyclic) bond motifs is 3. The van der Waals surface area contributed by atoms with Crippen LogP contribution in [0.3, 0.4) is 0 Å². The van der Waals surface area contributed by atoms with Crippen LogP contribution in [0.1, 0.15) is 141 Å². The van der Waals surface area contributed by atoms with Gasteiger partial charge in [0.15, 0.2) is 0 Å². The summed E-state index contributed by atoms with van der Waals surface area (Å²) in [6, 6.07) is 32.1. The number of hydrogen-bond donors (Lipinski definition) is 0. The molecule has 0 unspecified atom stereocenters. The van der Waals surface area contributed by atoms with Crippen LogP contribution in [-0.2, 0) is 44.6 Å². The second-order valence-corrected chi connectivity index (χ2v) is 17.9. The lowest BCUT2D eigenvalue weighted by atomic mass is 9.85. The van der Waals surface area contributed by atoms with Crippen LogP contribution in [-0.4, -0.2) is 15.0 Å². The van der Waals surface area contributed by atoms with E-state index < -0.39 is 84.1 Å². The smallest absolute Gasteiger partial charge is 0.144 e. The van der Waals surface area contributed by atoms with Gasteiger partial charge in [-0.2, -0.15) is 5.26 Å². The molecule has 0 N–H and O–H groups in total. The van der Waals surface area contributed by atoms with Crippen molar-refractivity contribution in [2.24, 2.45) is 5.41 Å². The summed E-state index contributed by atoms with van der Waals surface area (Å²) < 4.78 is 179. The van der Waals surface area contributed by atoms with Crippen molar-refractivity contribution in [3.63, 3.8) is 0 Å². The Hall–Kier alpha value is -7.16. The van der Waals surface area contributed by atoms with Gasteiger partial charge in [-0.3, -0.25) is 15.0 Å². The van der Waals surface area contributed by atoms with Gasteiger partial charge in [0.2, 0.25) is 0 Å². The van der Waals surface area contributed by atoms with Gasteiger partial charge in [-0.05, 0) is 154 Å². The lowest BCUT2D eigenvalue weighted by molar-refractivity contribution is 0.409. The Labute approximate surface area is 428 Å². The minimum Gasteiger partial charge on any atom is -0.455 e. The second-order valence-electron chi connectivity index (χ2n) is 17.9. The number of nitrogens with zero attached hydrogens (tertiary/aromatic N) is 4. The number of aromatic nitrogens is 3. The van der Waals surface area contributed by atoms with Gasteiger partial charge >= 0.3 is 0 Å². The molecule has 0 spiro atoms. The highest BCUT2D eigenvalue weighted by molar-refractivity contribution is 6.09. The fourth-order valence-corrected chi connectivity index (χ4v) is 7.87. The summed E-state index contributed by atoms with van der Waals surface area (Å²) in [6.45, 7) is 10.6. The Kier molecular flexibility index (Phi) is 8.49. The van der Waals surface area contributed by atoms with Crippen LogP contribution in [0, 0.1) is 16.7 Å². The van der Waals surface area contributed by atoms with Gasteiger partial charge in [0, 0.05) is 68.0 Å². The fraction of sp³-hybridized carbons (Fsp3) is 0.270. The van der Waals surface area contributed by atoms with E-state index in [9.17, 15) is 27.2 Å². The van der Waals surface area contributed by atoms with Crippen molar-refractivity contribution < 1.29 is 29.1 Å². The number of pyridine rings is 3. The number of para-hydroxylation sites is 1. The quantitative estimate of drug-likeness (QED) is 0.102. The van der Waals surface area contributed by atoms with E-state index in [0.29, 0.717) is 33.3 Å². The van der Waals surface area contributed by atoms with Gasteiger partial charge in [0.25, 0.3) is 0 Å². The van der Waals surface area contributed by atoms with Gasteiger partial charge in [-0.25, -0.2) is 0 Å². The molecule has 0 fully saturated rings. The predicted octanol–water partition coefficient (Wildman–Crippen LogP) is 15.8. The van der Waals surface area contributed by atoms with E-state index in [1.165, 1.54) is 52.0 Å². The molecule has 340 valence electrons. The van der Waals surface area contributed by atoms with E-state index in [0.717, 1.165) is 36.8 Å². The highest BCUT2D eigenvalue weighted by Gasteiger charge is 2.20. The molecule has 0 bridgehead atoms. The van der Waals surface area contributed by atoms with Gasteiger partial charge in [-0.15, -0.1) is 0 Å². The molecule has 68 heavy (non-hydrogen) atoms. The molecule has 9 rings (SSSR count). The van der Waals surface area contributed by atoms with Crippen LogP contribution in [0.25, 0.3) is 55.7 Å². The summed E-state index contributed by atoms with van der Waals surface area (Å²) >= 11 is 0. The molecular formula is C63H62N4O. The highest BCUT2D eigenvalue weighted by atomic mass is 16.3. The zero-order valence-electron chi connectivity index (χ0n) is 57.0. The summed E-state index contributed by atoms with van der Waals surface area (Å²) in [4.78, 5) is 13.6. The Morgan fingerprint density at radius 2 is 1.10 bits per heavy atom. The first-order valence-corrected chi connectivity index (χ1v) is 22.3. The fourth-order valence-electron chi connectivity index (χ4n) is 7.87. The van der Waals surface area contributed by atoms with Crippen LogP contribution in [0.5, 0.6) is 0 Å². The molecule has 0 aliphatic carbocycles. The van der Waals surface area contributed by atoms with Crippen molar-refractivity contribution in [3.05, 3.63) is 208 Å². The minimum absolute atomic E-state index is 0.000465. The van der Waals surface area contributed by atoms with Crippen LogP contribution in [0.4, 0.5) is 0 Å². The van der Waals surface area contributed by atoms with Gasteiger partial charge < -0.3 is 4.42 Å². The molecule has 9 aromatic rings. The molecular weight excluding hydrogens is 829 g/mol. The van der Waals surface area contributed by atoms with E-state index in [2.05, 4.69) is 15.0 Å². The Morgan fingerprint density at radius 1 is 0.588 bits per heavy atom. The Morgan fingerprint density at radius 3 is 1.62 bits per heavy atom. The number of benzene rings is 5. The Bertz CT molecular complexity index is 4010. The number of furan rings is 1. The van der Waals surface area contributed by atoms with Gasteiger partial charge in [-0.1, -0.05) is 139 Å². The first-order chi connectivity index (χ1) is 39.6. The summed E-state index contributed by atoms with van der Waals surface area (Å²) in [5, 5.41) is 10.5. The molecule has 5 heteroatoms. The topological polar surface area (TPSA) is 75.6 Å². The molecule has 0 saturated carbocycles. The van der Waals surface area contributed by atoms with E-state index in [1.54, 1.807) is 99.6 Å². The zero-order chi connectivity index (χ0) is 63.5. The molecule has 0 atom stereocenters. The van der Waals surface area contributed by atoms with Crippen molar-refractivity contribution in [2.45, 2.75) is 105 Å². The zero-order valence-corrected chi connectivity index (χ0v) is 39.0. The maximum absolute atomic E-state index is 9.98. The number of hydrogen-bond acceptors (Lipinski definition) is 5. The van der Waals surface area contributed by atoms with Crippen molar-refractivity contribution >= 4 is 21.9 Å². The molecule has 5 aromatic carbocycles. The van der Waals surface area contributed by atoms with Gasteiger partial charge in [0.1, 0.15) is 11.2 Å². The maximum Gasteiger partial charge on any atom is 0.144 e. The second kappa shape index (κ2) is 20.0. The molecule has 0 aliphatic heterocycles. The summed E-state index contributed by atoms with van der Waals surface area (Å²) in [5.41, 5.74) is -3.29. The van der Waals surface area contributed by atoms with Crippen molar-refractivity contribution in [2.75, 3.05) is 0 Å². The maximum atomic E-state index is 9.98. The molecule has 4 aromatic heterocycles. The average molecular weight is 909 g/mol. The number of aryl methyl sites for hydroxylation is 6.